The highest BCUT2D eigenvalue weighted by Crippen LogP contribution is 2.27. The zero-order valence-corrected chi connectivity index (χ0v) is 14.5. The number of hydrogen-bond acceptors (Lipinski definition) is 4. The third-order valence-corrected chi connectivity index (χ3v) is 3.94. The van der Waals surface area contributed by atoms with Gasteiger partial charge >= 0.3 is 0 Å². The molecule has 2 aromatic carbocycles. The largest absolute Gasteiger partial charge is 0.457 e. The van der Waals surface area contributed by atoms with E-state index in [0.717, 1.165) is 5.56 Å². The number of carbonyl (C=O) groups excluding carboxylic acids is 1. The van der Waals surface area contributed by atoms with Crippen molar-refractivity contribution >= 4 is 29.0 Å². The molecule has 0 bridgehead atoms. The molecule has 0 fully saturated rings. The van der Waals surface area contributed by atoms with Gasteiger partial charge in [0.25, 0.3) is 5.91 Å². The lowest BCUT2D eigenvalue weighted by Gasteiger charge is -2.10. The van der Waals surface area contributed by atoms with Crippen molar-refractivity contribution in [2.24, 2.45) is 0 Å². The number of rotatable bonds is 4. The molecule has 1 heterocycles. The number of nitrogens with one attached hydrogen (secondary N) is 1. The van der Waals surface area contributed by atoms with Crippen LogP contribution in [0.3, 0.4) is 0 Å². The zero-order valence-electron chi connectivity index (χ0n) is 13.8. The average Bonchev–Trinajstić information content (AvgIpc) is 2.60. The number of amides is 1. The van der Waals surface area contributed by atoms with Gasteiger partial charge in [0.15, 0.2) is 0 Å². The third kappa shape index (κ3) is 3.92. The van der Waals surface area contributed by atoms with Crippen molar-refractivity contribution in [3.8, 4) is 11.5 Å². The molecule has 0 aliphatic heterocycles. The number of anilines is 2. The minimum atomic E-state index is -0.512. The summed E-state index contributed by atoms with van der Waals surface area (Å²) < 4.78 is 18.8. The second kappa shape index (κ2) is 7.41. The molecule has 5 nitrogen and oxygen atoms in total. The molecule has 0 atom stereocenters. The summed E-state index contributed by atoms with van der Waals surface area (Å²) >= 11 is 5.73. The molecule has 0 saturated carbocycles. The van der Waals surface area contributed by atoms with Gasteiger partial charge < -0.3 is 15.8 Å². The van der Waals surface area contributed by atoms with E-state index in [-0.39, 0.29) is 16.7 Å². The Balaban J connectivity index is 1.71. The van der Waals surface area contributed by atoms with E-state index in [1.165, 1.54) is 18.2 Å². The maximum Gasteiger partial charge on any atom is 0.259 e. The number of aromatic nitrogens is 1. The summed E-state index contributed by atoms with van der Waals surface area (Å²) in [5.41, 5.74) is 7.43. The van der Waals surface area contributed by atoms with Gasteiger partial charge in [0, 0.05) is 18.0 Å². The van der Waals surface area contributed by atoms with Crippen LogP contribution in [-0.2, 0) is 0 Å². The number of halogens is 2. The number of ether oxygens (including phenoxy) is 1. The van der Waals surface area contributed by atoms with Gasteiger partial charge in [0.05, 0.1) is 10.6 Å². The molecule has 3 aromatic rings. The number of hydrogen-bond donors (Lipinski definition) is 2. The van der Waals surface area contributed by atoms with Gasteiger partial charge in [-0.25, -0.2) is 9.37 Å². The van der Waals surface area contributed by atoms with E-state index in [9.17, 15) is 9.18 Å². The highest BCUT2D eigenvalue weighted by molar-refractivity contribution is 6.30. The summed E-state index contributed by atoms with van der Waals surface area (Å²) in [7, 11) is 0. The average molecular weight is 372 g/mol. The van der Waals surface area contributed by atoms with Gasteiger partial charge in [-0.1, -0.05) is 11.6 Å². The van der Waals surface area contributed by atoms with Crippen molar-refractivity contribution in [1.82, 2.24) is 4.98 Å². The first-order valence-corrected chi connectivity index (χ1v) is 8.07. The van der Waals surface area contributed by atoms with E-state index >= 15 is 0 Å². The first-order valence-electron chi connectivity index (χ1n) is 7.69. The van der Waals surface area contributed by atoms with E-state index in [0.29, 0.717) is 22.7 Å². The van der Waals surface area contributed by atoms with Gasteiger partial charge in [-0.3, -0.25) is 4.79 Å². The molecule has 0 unspecified atom stereocenters. The number of benzene rings is 2. The smallest absolute Gasteiger partial charge is 0.259 e. The van der Waals surface area contributed by atoms with E-state index in [1.807, 2.05) is 0 Å². The van der Waals surface area contributed by atoms with Crippen LogP contribution in [0.4, 0.5) is 15.9 Å². The fourth-order valence-electron chi connectivity index (χ4n) is 2.35. The maximum absolute atomic E-state index is 13.2. The van der Waals surface area contributed by atoms with Gasteiger partial charge in [-0.15, -0.1) is 0 Å². The molecule has 0 aliphatic rings. The van der Waals surface area contributed by atoms with Crippen molar-refractivity contribution in [3.63, 3.8) is 0 Å². The Labute approximate surface area is 154 Å². The van der Waals surface area contributed by atoms with Crippen LogP contribution in [0, 0.1) is 12.7 Å². The maximum atomic E-state index is 13.2. The Morgan fingerprint density at radius 3 is 2.50 bits per heavy atom. The Morgan fingerprint density at radius 1 is 1.15 bits per heavy atom. The number of pyridine rings is 1. The standard InChI is InChI=1S/C19H15ClFN3O2/c1-11-8-9-23-18(22)17(11)19(25)24-12-2-4-13(5-3-12)26-14-6-7-16(21)15(20)10-14/h2-10H,1H3,(H2,22,23)(H,24,25). The zero-order chi connectivity index (χ0) is 18.7. The summed E-state index contributed by atoms with van der Waals surface area (Å²) in [5, 5.41) is 2.74. The molecule has 0 radical (unpaired) electrons. The minimum absolute atomic E-state index is 0.0178. The van der Waals surface area contributed by atoms with E-state index in [2.05, 4.69) is 10.3 Å². The predicted octanol–water partition coefficient (Wildman–Crippen LogP) is 4.81. The molecule has 26 heavy (non-hydrogen) atoms. The Morgan fingerprint density at radius 2 is 1.85 bits per heavy atom. The highest BCUT2D eigenvalue weighted by Gasteiger charge is 2.14. The van der Waals surface area contributed by atoms with Gasteiger partial charge in [0.1, 0.15) is 23.1 Å². The minimum Gasteiger partial charge on any atom is -0.457 e. The van der Waals surface area contributed by atoms with Crippen LogP contribution in [0.1, 0.15) is 15.9 Å². The molecule has 3 rings (SSSR count). The van der Waals surface area contributed by atoms with E-state index in [1.54, 1.807) is 43.5 Å². The molecule has 132 valence electrons. The van der Waals surface area contributed by atoms with Crippen LogP contribution in [0.5, 0.6) is 11.5 Å². The molecule has 1 amide bonds. The first-order chi connectivity index (χ1) is 12.4. The topological polar surface area (TPSA) is 77.2 Å². The Bertz CT molecular complexity index is 941. The first kappa shape index (κ1) is 17.7. The van der Waals surface area contributed by atoms with Crippen molar-refractivity contribution < 1.29 is 13.9 Å². The number of nitrogens with two attached hydrogens (primary N) is 1. The van der Waals surface area contributed by atoms with Crippen LogP contribution < -0.4 is 15.8 Å². The summed E-state index contributed by atoms with van der Waals surface area (Å²) in [5.74, 6) is 0.250. The second-order valence-electron chi connectivity index (χ2n) is 5.54. The summed E-state index contributed by atoms with van der Waals surface area (Å²) in [6.07, 6.45) is 1.55. The van der Waals surface area contributed by atoms with Gasteiger partial charge in [-0.05, 0) is 55.0 Å². The highest BCUT2D eigenvalue weighted by atomic mass is 35.5. The SMILES string of the molecule is Cc1ccnc(N)c1C(=O)Nc1ccc(Oc2ccc(F)c(Cl)c2)cc1. The Hall–Kier alpha value is -3.12. The van der Waals surface area contributed by atoms with Crippen molar-refractivity contribution in [2.75, 3.05) is 11.1 Å². The lowest BCUT2D eigenvalue weighted by atomic mass is 10.1. The van der Waals surface area contributed by atoms with Crippen LogP contribution >= 0.6 is 11.6 Å². The lowest BCUT2D eigenvalue weighted by molar-refractivity contribution is 0.102. The monoisotopic (exact) mass is 371 g/mol. The van der Waals surface area contributed by atoms with Crippen LogP contribution in [-0.4, -0.2) is 10.9 Å². The number of aryl methyl sites for hydroxylation is 1. The molecular formula is C19H15ClFN3O2. The predicted molar refractivity (Wildman–Crippen MR) is 99.3 cm³/mol. The lowest BCUT2D eigenvalue weighted by Crippen LogP contribution is -2.16. The molecule has 0 spiro atoms. The molecule has 1 aromatic heterocycles. The Kier molecular flexibility index (Phi) is 5.04. The normalized spacial score (nSPS) is 10.4. The van der Waals surface area contributed by atoms with E-state index < -0.39 is 5.82 Å². The number of nitrogen functional groups attached to an aromatic ring is 1. The molecule has 0 saturated heterocycles. The van der Waals surface area contributed by atoms with E-state index in [4.69, 9.17) is 22.1 Å². The number of carbonyl (C=O) groups is 1. The third-order valence-electron chi connectivity index (χ3n) is 3.65. The summed E-state index contributed by atoms with van der Waals surface area (Å²) in [6, 6.07) is 12.5. The van der Waals surface area contributed by atoms with Crippen LogP contribution in [0.25, 0.3) is 0 Å². The molecular weight excluding hydrogens is 357 g/mol. The fourth-order valence-corrected chi connectivity index (χ4v) is 2.52. The van der Waals surface area contributed by atoms with Crippen molar-refractivity contribution in [3.05, 3.63) is 76.7 Å². The fraction of sp³-hybridized carbons (Fsp3) is 0.0526. The summed E-state index contributed by atoms with van der Waals surface area (Å²) in [6.45, 7) is 1.79. The number of nitrogens with zero attached hydrogens (tertiary/aromatic N) is 1. The summed E-state index contributed by atoms with van der Waals surface area (Å²) in [4.78, 5) is 16.3. The van der Waals surface area contributed by atoms with Crippen molar-refractivity contribution in [2.45, 2.75) is 6.92 Å². The molecule has 7 heteroatoms. The van der Waals surface area contributed by atoms with Crippen LogP contribution in [0.15, 0.2) is 54.7 Å². The van der Waals surface area contributed by atoms with Crippen LogP contribution in [0.2, 0.25) is 5.02 Å². The second-order valence-corrected chi connectivity index (χ2v) is 5.95. The quantitative estimate of drug-likeness (QED) is 0.690. The molecule has 3 N–H and O–H groups in total. The van der Waals surface area contributed by atoms with Crippen molar-refractivity contribution in [1.29, 1.82) is 0 Å². The van der Waals surface area contributed by atoms with Gasteiger partial charge in [-0.2, -0.15) is 0 Å². The van der Waals surface area contributed by atoms with Gasteiger partial charge in [0.2, 0.25) is 0 Å². The molecule has 0 aliphatic carbocycles.